The van der Waals surface area contributed by atoms with Gasteiger partial charge in [-0.05, 0) is 31.9 Å². The van der Waals surface area contributed by atoms with E-state index in [4.69, 9.17) is 0 Å². The molecule has 1 aliphatic carbocycles. The predicted octanol–water partition coefficient (Wildman–Crippen LogP) is 1.31. The fourth-order valence-electron chi connectivity index (χ4n) is 1.97. The molecule has 1 aliphatic heterocycles. The molecule has 3 rings (SSSR count). The van der Waals surface area contributed by atoms with Crippen molar-refractivity contribution in [2.75, 3.05) is 16.8 Å². The summed E-state index contributed by atoms with van der Waals surface area (Å²) in [6.45, 7) is 2.43. The summed E-state index contributed by atoms with van der Waals surface area (Å²) >= 11 is 0. The Morgan fingerprint density at radius 2 is 2.27 bits per heavy atom. The van der Waals surface area contributed by atoms with Gasteiger partial charge in [0.15, 0.2) is 5.82 Å². The maximum atomic E-state index is 11.5. The summed E-state index contributed by atoms with van der Waals surface area (Å²) in [7, 11) is 0. The number of anilines is 2. The lowest BCUT2D eigenvalue weighted by atomic mass is 10.2. The normalized spacial score (nSPS) is 19.8. The molecule has 1 aromatic rings. The Kier molecular flexibility index (Phi) is 1.71. The number of hydrogen-bond donors (Lipinski definition) is 1. The van der Waals surface area contributed by atoms with Crippen LogP contribution in [0.15, 0.2) is 12.1 Å². The van der Waals surface area contributed by atoms with Crippen LogP contribution in [-0.2, 0) is 4.79 Å². The predicted molar refractivity (Wildman–Crippen MR) is 58.0 cm³/mol. The Morgan fingerprint density at radius 3 is 3.00 bits per heavy atom. The monoisotopic (exact) mass is 203 g/mol. The maximum absolute atomic E-state index is 11.5. The zero-order valence-electron chi connectivity index (χ0n) is 8.66. The first-order valence-corrected chi connectivity index (χ1v) is 5.28. The first kappa shape index (κ1) is 8.71. The van der Waals surface area contributed by atoms with Crippen LogP contribution in [-0.4, -0.2) is 23.5 Å². The number of nitrogens with zero attached hydrogens (tertiary/aromatic N) is 2. The average Bonchev–Trinajstić information content (AvgIpc) is 3.01. The summed E-state index contributed by atoms with van der Waals surface area (Å²) in [5.74, 6) is 1.01. The smallest absolute Gasteiger partial charge is 0.244 e. The van der Waals surface area contributed by atoms with Crippen molar-refractivity contribution < 1.29 is 4.79 Å². The van der Waals surface area contributed by atoms with Gasteiger partial charge >= 0.3 is 0 Å². The van der Waals surface area contributed by atoms with Crippen LogP contribution in [0.2, 0.25) is 0 Å². The van der Waals surface area contributed by atoms with Crippen molar-refractivity contribution in [3.63, 3.8) is 0 Å². The maximum Gasteiger partial charge on any atom is 0.244 e. The molecule has 0 saturated heterocycles. The van der Waals surface area contributed by atoms with Gasteiger partial charge in [-0.3, -0.25) is 4.79 Å². The molecule has 0 bridgehead atoms. The second-order valence-corrected chi connectivity index (χ2v) is 4.23. The fourth-order valence-corrected chi connectivity index (χ4v) is 1.97. The van der Waals surface area contributed by atoms with Crippen LogP contribution in [0.3, 0.4) is 0 Å². The van der Waals surface area contributed by atoms with Gasteiger partial charge in [0.25, 0.3) is 0 Å². The number of aryl methyl sites for hydroxylation is 1. The van der Waals surface area contributed by atoms with Crippen LogP contribution in [0.5, 0.6) is 0 Å². The second-order valence-electron chi connectivity index (χ2n) is 4.23. The highest BCUT2D eigenvalue weighted by Gasteiger charge is 2.35. The fraction of sp³-hybridized carbons (Fsp3) is 0.455. The van der Waals surface area contributed by atoms with E-state index < -0.39 is 0 Å². The number of rotatable bonds is 1. The van der Waals surface area contributed by atoms with Crippen LogP contribution >= 0.6 is 0 Å². The Balaban J connectivity index is 2.06. The Labute approximate surface area is 88.3 Å². The van der Waals surface area contributed by atoms with E-state index in [9.17, 15) is 4.79 Å². The zero-order chi connectivity index (χ0) is 10.4. The lowest BCUT2D eigenvalue weighted by Gasteiger charge is -2.29. The minimum Gasteiger partial charge on any atom is -0.343 e. The van der Waals surface area contributed by atoms with Crippen molar-refractivity contribution in [2.24, 2.45) is 0 Å². The molecular weight excluding hydrogens is 190 g/mol. The number of carbonyl (C=O) groups is 1. The molecule has 4 nitrogen and oxygen atoms in total. The number of pyridine rings is 1. The zero-order valence-corrected chi connectivity index (χ0v) is 8.66. The molecule has 1 amide bonds. The summed E-state index contributed by atoms with van der Waals surface area (Å²) in [5, 5.41) is 2.86. The van der Waals surface area contributed by atoms with Crippen LogP contribution in [0.1, 0.15) is 18.5 Å². The first-order valence-electron chi connectivity index (χ1n) is 5.28. The van der Waals surface area contributed by atoms with E-state index in [1.807, 2.05) is 19.1 Å². The Morgan fingerprint density at radius 1 is 1.47 bits per heavy atom. The summed E-state index contributed by atoms with van der Waals surface area (Å²) in [6.07, 6.45) is 2.37. The topological polar surface area (TPSA) is 45.2 Å². The molecule has 0 aromatic carbocycles. The number of nitrogens with one attached hydrogen (secondary N) is 1. The van der Waals surface area contributed by atoms with Gasteiger partial charge in [0.05, 0.1) is 12.2 Å². The van der Waals surface area contributed by atoms with Crippen LogP contribution in [0.4, 0.5) is 11.5 Å². The van der Waals surface area contributed by atoms with Gasteiger partial charge in [-0.25, -0.2) is 4.98 Å². The molecule has 0 atom stereocenters. The lowest BCUT2D eigenvalue weighted by molar-refractivity contribution is -0.115. The van der Waals surface area contributed by atoms with E-state index in [1.54, 1.807) is 0 Å². The summed E-state index contributed by atoms with van der Waals surface area (Å²) in [5.41, 5.74) is 1.85. The highest BCUT2D eigenvalue weighted by molar-refractivity contribution is 6.00. The van der Waals surface area contributed by atoms with Crippen molar-refractivity contribution in [3.8, 4) is 0 Å². The summed E-state index contributed by atoms with van der Waals surface area (Å²) in [6, 6.07) is 4.39. The molecule has 0 radical (unpaired) electrons. The van der Waals surface area contributed by atoms with Gasteiger partial charge in [0, 0.05) is 11.7 Å². The van der Waals surface area contributed by atoms with Crippen molar-refractivity contribution in [2.45, 2.75) is 25.8 Å². The number of hydrogen-bond acceptors (Lipinski definition) is 3. The lowest BCUT2D eigenvalue weighted by Crippen LogP contribution is -2.40. The number of amides is 1. The first-order chi connectivity index (χ1) is 7.24. The van der Waals surface area contributed by atoms with Gasteiger partial charge < -0.3 is 10.2 Å². The van der Waals surface area contributed by atoms with E-state index in [0.717, 1.165) is 17.2 Å². The molecule has 1 N–H and O–H groups in total. The molecule has 1 aromatic heterocycles. The van der Waals surface area contributed by atoms with E-state index in [1.165, 1.54) is 12.8 Å². The van der Waals surface area contributed by atoms with Gasteiger partial charge in [0.1, 0.15) is 0 Å². The van der Waals surface area contributed by atoms with Crippen LogP contribution in [0, 0.1) is 6.92 Å². The van der Waals surface area contributed by atoms with Crippen molar-refractivity contribution in [1.29, 1.82) is 0 Å². The highest BCUT2D eigenvalue weighted by atomic mass is 16.2. The molecular formula is C11H13N3O. The molecule has 2 heterocycles. The molecule has 4 heteroatoms. The van der Waals surface area contributed by atoms with Gasteiger partial charge in [-0.2, -0.15) is 0 Å². The average molecular weight is 203 g/mol. The molecule has 1 saturated carbocycles. The van der Waals surface area contributed by atoms with E-state index >= 15 is 0 Å². The third-order valence-electron chi connectivity index (χ3n) is 2.86. The quantitative estimate of drug-likeness (QED) is 0.748. The molecule has 78 valence electrons. The number of carbonyl (C=O) groups excluding carboxylic acids is 1. The van der Waals surface area contributed by atoms with Crippen molar-refractivity contribution in [1.82, 2.24) is 4.98 Å². The number of aromatic nitrogens is 1. The Hall–Kier alpha value is -1.58. The molecule has 0 unspecified atom stereocenters. The molecule has 15 heavy (non-hydrogen) atoms. The number of fused-ring (bicyclic) bond motifs is 1. The third-order valence-corrected chi connectivity index (χ3v) is 2.86. The second kappa shape index (κ2) is 2.95. The van der Waals surface area contributed by atoms with Crippen molar-refractivity contribution in [3.05, 3.63) is 17.8 Å². The largest absolute Gasteiger partial charge is 0.343 e. The van der Waals surface area contributed by atoms with Gasteiger partial charge in [-0.1, -0.05) is 0 Å². The molecule has 2 aliphatic rings. The molecule has 0 spiro atoms. The van der Waals surface area contributed by atoms with E-state index in [0.29, 0.717) is 12.6 Å². The van der Waals surface area contributed by atoms with Gasteiger partial charge in [0.2, 0.25) is 5.91 Å². The molecule has 1 fully saturated rings. The van der Waals surface area contributed by atoms with E-state index in [2.05, 4.69) is 15.2 Å². The third kappa shape index (κ3) is 1.46. The summed E-state index contributed by atoms with van der Waals surface area (Å²) < 4.78 is 0. The van der Waals surface area contributed by atoms with Crippen LogP contribution < -0.4 is 10.2 Å². The standard InChI is InChI=1S/C11H13N3O/c1-7-2-5-9-11(12-7)14(8-3-4-8)6-10(15)13-9/h2,5,8H,3-4,6H2,1H3,(H,13,15). The minimum atomic E-state index is 0.0695. The van der Waals surface area contributed by atoms with Gasteiger partial charge in [-0.15, -0.1) is 0 Å². The van der Waals surface area contributed by atoms with E-state index in [-0.39, 0.29) is 5.91 Å². The van der Waals surface area contributed by atoms with Crippen LogP contribution in [0.25, 0.3) is 0 Å². The summed E-state index contributed by atoms with van der Waals surface area (Å²) in [4.78, 5) is 18.1. The highest BCUT2D eigenvalue weighted by Crippen LogP contribution is 2.36. The SMILES string of the molecule is Cc1ccc2c(n1)N(C1CC1)CC(=O)N2. The minimum absolute atomic E-state index is 0.0695. The van der Waals surface area contributed by atoms with Crippen molar-refractivity contribution >= 4 is 17.4 Å². The Bertz CT molecular complexity index is 426.